The fourth-order valence-corrected chi connectivity index (χ4v) is 12.9. The van der Waals surface area contributed by atoms with Gasteiger partial charge in [-0.25, -0.2) is 9.13 Å². The summed E-state index contributed by atoms with van der Waals surface area (Å²) in [5, 5.41) is 10.6. The molecule has 2 unspecified atom stereocenters. The van der Waals surface area contributed by atoms with Gasteiger partial charge in [0.05, 0.1) is 26.4 Å². The zero-order chi connectivity index (χ0) is 70.7. The van der Waals surface area contributed by atoms with E-state index in [1.54, 1.807) is 0 Å². The molecule has 0 amide bonds. The molecular weight excluding hydrogens is 1260 g/mol. The molecule has 5 atom stereocenters. The van der Waals surface area contributed by atoms with E-state index >= 15 is 0 Å². The molecule has 17 nitrogen and oxygen atoms in total. The van der Waals surface area contributed by atoms with E-state index in [4.69, 9.17) is 37.0 Å². The number of unbranched alkanes of at least 4 members (excludes halogenated alkanes) is 41. The van der Waals surface area contributed by atoms with Crippen LogP contribution in [0.1, 0.15) is 375 Å². The summed E-state index contributed by atoms with van der Waals surface area (Å²) in [7, 11) is -9.92. The van der Waals surface area contributed by atoms with Gasteiger partial charge in [-0.05, 0) is 63.2 Å². The third-order valence-electron chi connectivity index (χ3n) is 17.3. The third-order valence-corrected chi connectivity index (χ3v) is 19.2. The van der Waals surface area contributed by atoms with Gasteiger partial charge in [-0.1, -0.05) is 323 Å². The van der Waals surface area contributed by atoms with Gasteiger partial charge >= 0.3 is 39.5 Å². The lowest BCUT2D eigenvalue weighted by Crippen LogP contribution is -2.30. The second-order valence-electron chi connectivity index (χ2n) is 28.0. The van der Waals surface area contributed by atoms with Crippen molar-refractivity contribution in [2.45, 2.75) is 394 Å². The first-order valence-corrected chi connectivity index (χ1v) is 42.3. The first kappa shape index (κ1) is 93.5. The van der Waals surface area contributed by atoms with Gasteiger partial charge in [-0.3, -0.25) is 37.3 Å². The summed E-state index contributed by atoms with van der Waals surface area (Å²) in [4.78, 5) is 72.5. The van der Waals surface area contributed by atoms with Crippen LogP contribution < -0.4 is 0 Å². The number of aliphatic hydroxyl groups is 1. The number of hydrogen-bond donors (Lipinski definition) is 3. The number of aliphatic hydroxyl groups excluding tert-OH is 1. The van der Waals surface area contributed by atoms with Crippen LogP contribution in [0.25, 0.3) is 0 Å². The number of ether oxygens (including phenoxy) is 4. The minimum absolute atomic E-state index is 0.0841. The van der Waals surface area contributed by atoms with Gasteiger partial charge in [-0.15, -0.1) is 0 Å². The summed E-state index contributed by atoms with van der Waals surface area (Å²) >= 11 is 0. The Hall–Kier alpha value is -2.46. The minimum atomic E-state index is -4.96. The summed E-state index contributed by atoms with van der Waals surface area (Å²) in [6, 6.07) is 0. The van der Waals surface area contributed by atoms with Crippen LogP contribution in [0.5, 0.6) is 0 Å². The van der Waals surface area contributed by atoms with Gasteiger partial charge in [0, 0.05) is 25.7 Å². The predicted octanol–water partition coefficient (Wildman–Crippen LogP) is 22.3. The summed E-state index contributed by atoms with van der Waals surface area (Å²) in [5.41, 5.74) is 0. The number of rotatable bonds is 74. The van der Waals surface area contributed by atoms with E-state index in [1.807, 2.05) is 0 Å². The van der Waals surface area contributed by atoms with Crippen molar-refractivity contribution in [3.05, 3.63) is 24.3 Å². The molecule has 3 N–H and O–H groups in total. The van der Waals surface area contributed by atoms with Crippen LogP contribution in [0.2, 0.25) is 0 Å². The molecular formula is C77H146O17P2. The van der Waals surface area contributed by atoms with Crippen molar-refractivity contribution in [1.29, 1.82) is 0 Å². The van der Waals surface area contributed by atoms with Crippen LogP contribution in [-0.2, 0) is 65.4 Å². The molecule has 0 aliphatic heterocycles. The fourth-order valence-electron chi connectivity index (χ4n) is 11.3. The van der Waals surface area contributed by atoms with E-state index < -0.39 is 97.5 Å². The summed E-state index contributed by atoms with van der Waals surface area (Å²) < 4.78 is 68.3. The Labute approximate surface area is 586 Å². The van der Waals surface area contributed by atoms with Crippen molar-refractivity contribution in [3.8, 4) is 0 Å². The van der Waals surface area contributed by atoms with Gasteiger partial charge < -0.3 is 33.8 Å². The Balaban J connectivity index is 5.17. The molecule has 0 radical (unpaired) electrons. The molecule has 96 heavy (non-hydrogen) atoms. The Bertz CT molecular complexity index is 1950. The van der Waals surface area contributed by atoms with Gasteiger partial charge in [-0.2, -0.15) is 0 Å². The van der Waals surface area contributed by atoms with E-state index in [9.17, 15) is 43.2 Å². The molecule has 0 fully saturated rings. The number of phosphoric ester groups is 2. The highest BCUT2D eigenvalue weighted by Gasteiger charge is 2.30. The van der Waals surface area contributed by atoms with E-state index in [1.165, 1.54) is 173 Å². The maximum atomic E-state index is 13.1. The van der Waals surface area contributed by atoms with Gasteiger partial charge in [0.15, 0.2) is 12.2 Å². The Morgan fingerprint density at radius 3 is 0.854 bits per heavy atom. The van der Waals surface area contributed by atoms with Gasteiger partial charge in [0.1, 0.15) is 19.3 Å². The smallest absolute Gasteiger partial charge is 0.462 e. The lowest BCUT2D eigenvalue weighted by molar-refractivity contribution is -0.161. The van der Waals surface area contributed by atoms with E-state index in [-0.39, 0.29) is 25.7 Å². The first-order valence-electron chi connectivity index (χ1n) is 39.3. The molecule has 0 rings (SSSR count). The number of phosphoric acid groups is 2. The number of esters is 4. The van der Waals surface area contributed by atoms with Crippen molar-refractivity contribution in [2.75, 3.05) is 39.6 Å². The molecule has 0 heterocycles. The normalized spacial score (nSPS) is 14.2. The standard InChI is InChI=1S/C77H146O17P2/c1-7-9-11-13-14-15-16-17-20-28-33-38-43-49-55-61-76(81)93-72(65-87-74(79)59-53-45-12-10-8-2)67-91-95(83,84)89-63-71(78)64-90-96(85,86)92-68-73(94-77(82)62-56-50-44-39-34-29-24-19-22-26-31-36-41-47-52-58-70(5)6)66-88-75(80)60-54-48-42-37-32-27-23-18-21-25-30-35-40-46-51-57-69(3)4/h15-17,20,69-73,78H,7-14,18-19,21-68H2,1-6H3,(H,83,84)(H,85,86)/b16-15-,20-17-/t71-,72+,73+/m0/s1. The van der Waals surface area contributed by atoms with Crippen LogP contribution in [0.4, 0.5) is 0 Å². The summed E-state index contributed by atoms with van der Waals surface area (Å²) in [6.07, 6.45) is 59.5. The quantitative estimate of drug-likeness (QED) is 0.0169. The molecule has 0 aromatic heterocycles. The largest absolute Gasteiger partial charge is 0.472 e. The Kier molecular flexibility index (Phi) is 66.6. The van der Waals surface area contributed by atoms with Crippen molar-refractivity contribution >= 4 is 39.5 Å². The summed E-state index contributed by atoms with van der Waals surface area (Å²) in [6.45, 7) is 9.50. The average molecular weight is 1410 g/mol. The molecule has 0 saturated heterocycles. The molecule has 0 aliphatic carbocycles. The Morgan fingerprint density at radius 2 is 0.562 bits per heavy atom. The SMILES string of the molecule is CCCCCC/C=C\C=C/CCCCCCCC(=O)O[C@H](COC(=O)CCCCCCC)COP(=O)(O)OC[C@H](O)COP(=O)(O)OC[C@@H](COC(=O)CCCCCCCCCCCCCCCCCC(C)C)OC(=O)CCCCCCCCCCCCCCCCCC(C)C. The molecule has 0 aromatic rings. The fraction of sp³-hybridized carbons (Fsp3) is 0.896. The van der Waals surface area contributed by atoms with E-state index in [0.29, 0.717) is 25.7 Å². The van der Waals surface area contributed by atoms with Crippen LogP contribution >= 0.6 is 15.6 Å². The molecule has 0 aromatic carbocycles. The molecule has 0 spiro atoms. The van der Waals surface area contributed by atoms with Crippen LogP contribution in [0.15, 0.2) is 24.3 Å². The van der Waals surface area contributed by atoms with Crippen LogP contribution in [0.3, 0.4) is 0 Å². The van der Waals surface area contributed by atoms with Crippen molar-refractivity contribution in [3.63, 3.8) is 0 Å². The zero-order valence-electron chi connectivity index (χ0n) is 62.2. The lowest BCUT2D eigenvalue weighted by atomic mass is 10.0. The van der Waals surface area contributed by atoms with Crippen molar-refractivity contribution in [2.24, 2.45) is 11.8 Å². The monoisotopic (exact) mass is 1410 g/mol. The third kappa shape index (κ3) is 70.0. The predicted molar refractivity (Wildman–Crippen MR) is 391 cm³/mol. The average Bonchev–Trinajstić information content (AvgIpc) is 1.49. The highest BCUT2D eigenvalue weighted by molar-refractivity contribution is 7.47. The van der Waals surface area contributed by atoms with E-state index in [2.05, 4.69) is 65.8 Å². The number of allylic oxidation sites excluding steroid dienone is 4. The topological polar surface area (TPSA) is 237 Å². The van der Waals surface area contributed by atoms with Crippen molar-refractivity contribution in [1.82, 2.24) is 0 Å². The van der Waals surface area contributed by atoms with Crippen LogP contribution in [0, 0.1) is 11.8 Å². The summed E-state index contributed by atoms with van der Waals surface area (Å²) in [5.74, 6) is -0.550. The molecule has 0 bridgehead atoms. The second kappa shape index (κ2) is 68.3. The number of carbonyl (C=O) groups is 4. The Morgan fingerprint density at radius 1 is 0.323 bits per heavy atom. The lowest BCUT2D eigenvalue weighted by Gasteiger charge is -2.21. The van der Waals surface area contributed by atoms with Gasteiger partial charge in [0.2, 0.25) is 0 Å². The first-order chi connectivity index (χ1) is 46.4. The highest BCUT2D eigenvalue weighted by Crippen LogP contribution is 2.45. The minimum Gasteiger partial charge on any atom is -0.462 e. The molecule has 0 aliphatic rings. The van der Waals surface area contributed by atoms with Crippen LogP contribution in [-0.4, -0.2) is 96.7 Å². The maximum Gasteiger partial charge on any atom is 0.472 e. The van der Waals surface area contributed by atoms with E-state index in [0.717, 1.165) is 121 Å². The zero-order valence-corrected chi connectivity index (χ0v) is 63.9. The molecule has 566 valence electrons. The molecule has 19 heteroatoms. The second-order valence-corrected chi connectivity index (χ2v) is 30.9. The molecule has 0 saturated carbocycles. The van der Waals surface area contributed by atoms with Gasteiger partial charge in [0.25, 0.3) is 0 Å². The van der Waals surface area contributed by atoms with Crippen molar-refractivity contribution < 1.29 is 80.2 Å². The number of hydrogen-bond acceptors (Lipinski definition) is 15. The maximum absolute atomic E-state index is 13.1. The highest BCUT2D eigenvalue weighted by atomic mass is 31.2. The number of carbonyl (C=O) groups excluding carboxylic acids is 4.